The number of benzene rings is 3. The summed E-state index contributed by atoms with van der Waals surface area (Å²) in [5.74, 6) is -3.34. The first-order valence-electron chi connectivity index (χ1n) is 14.1. The van der Waals surface area contributed by atoms with Crippen molar-refractivity contribution in [1.82, 2.24) is 0 Å². The molecule has 0 radical (unpaired) electrons. The molecule has 1 aliphatic heterocycles. The first-order chi connectivity index (χ1) is 19.2. The standard InChI is InChI=1S/C32H36F6O2/c1-2-3-4-5-6-7-23-19-39-29(40-20-23)15-10-21-9-14-26-25(16-21)13-12-24(31(26)35)11-8-22-17-27(33)30(28(34)18-22)32(36,37)38/h9,12-14,16-18,23,29H,2-8,10-11,15,19-20H2,1H3. The van der Waals surface area contributed by atoms with E-state index in [-0.39, 0.29) is 24.7 Å². The van der Waals surface area contributed by atoms with Crippen LogP contribution in [0.25, 0.3) is 10.8 Å². The molecule has 1 heterocycles. The molecule has 0 saturated carbocycles. The first kappa shape index (κ1) is 30.4. The van der Waals surface area contributed by atoms with Crippen LogP contribution in [-0.4, -0.2) is 19.5 Å². The van der Waals surface area contributed by atoms with Gasteiger partial charge in [-0.05, 0) is 59.9 Å². The maximum absolute atomic E-state index is 15.2. The fraction of sp³-hybridized carbons (Fsp3) is 0.500. The van der Waals surface area contributed by atoms with Crippen LogP contribution in [0.1, 0.15) is 74.1 Å². The van der Waals surface area contributed by atoms with Crippen molar-refractivity contribution in [2.24, 2.45) is 5.92 Å². The quantitative estimate of drug-likeness (QED) is 0.161. The monoisotopic (exact) mass is 566 g/mol. The molecule has 0 N–H and O–H groups in total. The summed E-state index contributed by atoms with van der Waals surface area (Å²) in [6.07, 6.45) is 3.56. The van der Waals surface area contributed by atoms with Gasteiger partial charge >= 0.3 is 6.18 Å². The number of ether oxygens (including phenoxy) is 2. The van der Waals surface area contributed by atoms with Crippen molar-refractivity contribution in [2.45, 2.75) is 83.6 Å². The van der Waals surface area contributed by atoms with E-state index in [9.17, 15) is 22.0 Å². The highest BCUT2D eigenvalue weighted by molar-refractivity contribution is 5.84. The number of halogens is 6. The van der Waals surface area contributed by atoms with Crippen LogP contribution >= 0.6 is 0 Å². The predicted octanol–water partition coefficient (Wildman–Crippen LogP) is 9.34. The van der Waals surface area contributed by atoms with E-state index in [0.717, 1.165) is 37.0 Å². The minimum atomic E-state index is -5.12. The van der Waals surface area contributed by atoms with E-state index in [1.165, 1.54) is 32.1 Å². The summed E-state index contributed by atoms with van der Waals surface area (Å²) in [5.41, 5.74) is -0.531. The Balaban J connectivity index is 1.29. The van der Waals surface area contributed by atoms with Crippen LogP contribution < -0.4 is 0 Å². The molecule has 3 aromatic carbocycles. The van der Waals surface area contributed by atoms with Gasteiger partial charge in [0.1, 0.15) is 23.0 Å². The first-order valence-corrected chi connectivity index (χ1v) is 14.1. The fourth-order valence-corrected chi connectivity index (χ4v) is 5.29. The van der Waals surface area contributed by atoms with Gasteiger partial charge in [-0.1, -0.05) is 69.4 Å². The summed E-state index contributed by atoms with van der Waals surface area (Å²) in [7, 11) is 0. The Morgan fingerprint density at radius 1 is 0.750 bits per heavy atom. The fourth-order valence-electron chi connectivity index (χ4n) is 5.29. The largest absolute Gasteiger partial charge is 0.422 e. The number of rotatable bonds is 12. The molecule has 8 heteroatoms. The third-order valence-electron chi connectivity index (χ3n) is 7.59. The molecule has 0 atom stereocenters. The summed E-state index contributed by atoms with van der Waals surface area (Å²) in [6, 6.07) is 10.2. The van der Waals surface area contributed by atoms with E-state index < -0.39 is 29.2 Å². The van der Waals surface area contributed by atoms with Gasteiger partial charge in [-0.2, -0.15) is 13.2 Å². The van der Waals surface area contributed by atoms with Crippen LogP contribution in [0.5, 0.6) is 0 Å². The van der Waals surface area contributed by atoms with Crippen molar-refractivity contribution in [3.8, 4) is 0 Å². The number of aryl methyl sites for hydroxylation is 3. The van der Waals surface area contributed by atoms with E-state index in [4.69, 9.17) is 9.47 Å². The van der Waals surface area contributed by atoms with Crippen molar-refractivity contribution in [3.05, 3.63) is 82.2 Å². The Kier molecular flexibility index (Phi) is 10.5. The zero-order valence-electron chi connectivity index (χ0n) is 22.8. The molecule has 0 spiro atoms. The van der Waals surface area contributed by atoms with E-state index in [1.54, 1.807) is 18.2 Å². The zero-order chi connectivity index (χ0) is 28.7. The summed E-state index contributed by atoms with van der Waals surface area (Å²) < 4.78 is 93.2. The molecular weight excluding hydrogens is 530 g/mol. The van der Waals surface area contributed by atoms with E-state index >= 15 is 4.39 Å². The zero-order valence-corrected chi connectivity index (χ0v) is 22.8. The molecule has 0 bridgehead atoms. The van der Waals surface area contributed by atoms with Crippen LogP contribution in [-0.2, 0) is 34.9 Å². The van der Waals surface area contributed by atoms with Crippen molar-refractivity contribution >= 4 is 10.8 Å². The lowest BCUT2D eigenvalue weighted by Crippen LogP contribution is -2.32. The maximum Gasteiger partial charge on any atom is 0.422 e. The number of unbranched alkanes of at least 4 members (excludes halogenated alkanes) is 4. The predicted molar refractivity (Wildman–Crippen MR) is 144 cm³/mol. The van der Waals surface area contributed by atoms with Gasteiger partial charge in [-0.3, -0.25) is 0 Å². The molecule has 1 aliphatic rings. The third kappa shape index (κ3) is 8.00. The number of hydrogen-bond acceptors (Lipinski definition) is 2. The topological polar surface area (TPSA) is 18.5 Å². The van der Waals surface area contributed by atoms with E-state index in [1.807, 2.05) is 12.1 Å². The van der Waals surface area contributed by atoms with Crippen molar-refractivity contribution in [2.75, 3.05) is 13.2 Å². The van der Waals surface area contributed by atoms with Gasteiger partial charge < -0.3 is 9.47 Å². The Hall–Kier alpha value is -2.58. The third-order valence-corrected chi connectivity index (χ3v) is 7.59. The lowest BCUT2D eigenvalue weighted by atomic mass is 9.97. The van der Waals surface area contributed by atoms with Gasteiger partial charge in [0.15, 0.2) is 6.29 Å². The van der Waals surface area contributed by atoms with E-state index in [0.29, 0.717) is 35.4 Å². The Morgan fingerprint density at radius 3 is 2.12 bits per heavy atom. The Labute approximate surface area is 231 Å². The molecule has 0 aromatic heterocycles. The average Bonchev–Trinajstić information content (AvgIpc) is 2.91. The Bertz CT molecular complexity index is 1240. The molecule has 218 valence electrons. The minimum Gasteiger partial charge on any atom is -0.352 e. The van der Waals surface area contributed by atoms with Gasteiger partial charge in [-0.25, -0.2) is 13.2 Å². The molecule has 0 amide bonds. The van der Waals surface area contributed by atoms with Gasteiger partial charge in [0.2, 0.25) is 0 Å². The summed E-state index contributed by atoms with van der Waals surface area (Å²) in [6.45, 7) is 3.65. The van der Waals surface area contributed by atoms with Crippen molar-refractivity contribution in [3.63, 3.8) is 0 Å². The van der Waals surface area contributed by atoms with E-state index in [2.05, 4.69) is 6.92 Å². The minimum absolute atomic E-state index is 0.00636. The molecule has 4 rings (SSSR count). The number of fused-ring (bicyclic) bond motifs is 1. The van der Waals surface area contributed by atoms with Crippen molar-refractivity contribution < 1.29 is 35.8 Å². The highest BCUT2D eigenvalue weighted by atomic mass is 19.4. The number of hydrogen-bond donors (Lipinski definition) is 0. The second-order valence-electron chi connectivity index (χ2n) is 10.7. The smallest absolute Gasteiger partial charge is 0.352 e. The molecular formula is C32H36F6O2. The highest BCUT2D eigenvalue weighted by Crippen LogP contribution is 2.34. The molecule has 40 heavy (non-hydrogen) atoms. The lowest BCUT2D eigenvalue weighted by Gasteiger charge is -2.29. The molecule has 1 saturated heterocycles. The normalized spacial score (nSPS) is 18.0. The van der Waals surface area contributed by atoms with Gasteiger partial charge in [0, 0.05) is 17.7 Å². The molecule has 0 unspecified atom stereocenters. The van der Waals surface area contributed by atoms with Crippen LogP contribution in [0.4, 0.5) is 26.3 Å². The second-order valence-corrected chi connectivity index (χ2v) is 10.7. The van der Waals surface area contributed by atoms with Crippen LogP contribution in [0.2, 0.25) is 0 Å². The molecule has 0 aliphatic carbocycles. The van der Waals surface area contributed by atoms with Crippen molar-refractivity contribution in [1.29, 1.82) is 0 Å². The highest BCUT2D eigenvalue weighted by Gasteiger charge is 2.37. The molecule has 1 fully saturated rings. The van der Waals surface area contributed by atoms with Crippen LogP contribution in [0.3, 0.4) is 0 Å². The van der Waals surface area contributed by atoms with Crippen LogP contribution in [0.15, 0.2) is 42.5 Å². The summed E-state index contributed by atoms with van der Waals surface area (Å²) >= 11 is 0. The SMILES string of the molecule is CCCCCCCC1COC(CCc2ccc3c(F)c(CCc4cc(F)c(C(F)(F)F)c(F)c4)ccc3c2)OC1. The summed E-state index contributed by atoms with van der Waals surface area (Å²) in [4.78, 5) is 0. The van der Waals surface area contributed by atoms with Gasteiger partial charge in [-0.15, -0.1) is 0 Å². The summed E-state index contributed by atoms with van der Waals surface area (Å²) in [5, 5.41) is 1.14. The average molecular weight is 567 g/mol. The number of alkyl halides is 3. The van der Waals surface area contributed by atoms with Gasteiger partial charge in [0.05, 0.1) is 13.2 Å². The lowest BCUT2D eigenvalue weighted by molar-refractivity contribution is -0.203. The molecule has 2 nitrogen and oxygen atoms in total. The molecule has 3 aromatic rings. The van der Waals surface area contributed by atoms with Crippen LogP contribution in [0, 0.1) is 23.4 Å². The second kappa shape index (κ2) is 13.9. The van der Waals surface area contributed by atoms with Gasteiger partial charge in [0.25, 0.3) is 0 Å². The maximum atomic E-state index is 15.2. The Morgan fingerprint density at radius 2 is 1.45 bits per heavy atom.